The van der Waals surface area contributed by atoms with Crippen LogP contribution in [0.1, 0.15) is 25.3 Å². The van der Waals surface area contributed by atoms with Crippen LogP contribution in [0.4, 0.5) is 5.69 Å². The molecule has 0 spiro atoms. The highest BCUT2D eigenvalue weighted by Crippen LogP contribution is 2.10. The molecule has 0 atom stereocenters. The van der Waals surface area contributed by atoms with E-state index in [4.69, 9.17) is 5.11 Å². The Kier molecular flexibility index (Phi) is 6.22. The van der Waals surface area contributed by atoms with Crippen molar-refractivity contribution < 1.29 is 19.5 Å². The van der Waals surface area contributed by atoms with Crippen molar-refractivity contribution in [2.24, 2.45) is 0 Å². The van der Waals surface area contributed by atoms with E-state index in [1.165, 1.54) is 0 Å². The molecular weight excluding hydrogens is 260 g/mol. The van der Waals surface area contributed by atoms with Crippen molar-refractivity contribution >= 4 is 23.5 Å². The van der Waals surface area contributed by atoms with Crippen molar-refractivity contribution in [1.29, 1.82) is 0 Å². The van der Waals surface area contributed by atoms with Crippen LogP contribution in [0.3, 0.4) is 0 Å². The molecular formula is C14H18N2O4. The molecule has 1 aromatic carbocycles. The number of anilines is 1. The Morgan fingerprint density at radius 3 is 2.30 bits per heavy atom. The van der Waals surface area contributed by atoms with Gasteiger partial charge in [-0.25, -0.2) is 0 Å². The van der Waals surface area contributed by atoms with Gasteiger partial charge in [-0.1, -0.05) is 19.1 Å². The van der Waals surface area contributed by atoms with Gasteiger partial charge in [0, 0.05) is 12.1 Å². The van der Waals surface area contributed by atoms with E-state index in [0.717, 1.165) is 12.0 Å². The maximum atomic E-state index is 11.4. The van der Waals surface area contributed by atoms with Crippen LogP contribution < -0.4 is 10.6 Å². The van der Waals surface area contributed by atoms with Gasteiger partial charge in [0.15, 0.2) is 0 Å². The van der Waals surface area contributed by atoms with Gasteiger partial charge in [0.25, 0.3) is 0 Å². The Morgan fingerprint density at radius 1 is 1.10 bits per heavy atom. The summed E-state index contributed by atoms with van der Waals surface area (Å²) in [6, 6.07) is 6.88. The molecule has 0 bridgehead atoms. The Balaban J connectivity index is 2.47. The minimum Gasteiger partial charge on any atom is -0.480 e. The lowest BCUT2D eigenvalue weighted by molar-refractivity contribution is -0.137. The molecule has 0 heterocycles. The maximum Gasteiger partial charge on any atom is 0.322 e. The lowest BCUT2D eigenvalue weighted by Gasteiger charge is -2.06. The van der Waals surface area contributed by atoms with Crippen LogP contribution in [0.15, 0.2) is 24.3 Å². The van der Waals surface area contributed by atoms with Crippen LogP contribution in [-0.4, -0.2) is 29.4 Å². The van der Waals surface area contributed by atoms with E-state index in [1.54, 1.807) is 24.3 Å². The molecule has 0 unspecified atom stereocenters. The molecule has 6 heteroatoms. The number of carboxylic acid groups (broad SMARTS) is 1. The van der Waals surface area contributed by atoms with E-state index in [1.807, 2.05) is 6.92 Å². The van der Waals surface area contributed by atoms with Crippen LogP contribution in [0.2, 0.25) is 0 Å². The number of carbonyl (C=O) groups is 3. The minimum atomic E-state index is -1.08. The third-order valence-electron chi connectivity index (χ3n) is 2.52. The predicted octanol–water partition coefficient (Wildman–Crippen LogP) is 1.17. The molecule has 0 saturated carbocycles. The average molecular weight is 278 g/mol. The first-order chi connectivity index (χ1) is 9.51. The second kappa shape index (κ2) is 7.93. The van der Waals surface area contributed by atoms with Crippen LogP contribution in [0.25, 0.3) is 0 Å². The fourth-order valence-corrected chi connectivity index (χ4v) is 1.58. The van der Waals surface area contributed by atoms with Crippen molar-refractivity contribution in [3.05, 3.63) is 29.8 Å². The zero-order valence-corrected chi connectivity index (χ0v) is 11.3. The summed E-state index contributed by atoms with van der Waals surface area (Å²) < 4.78 is 0. The first kappa shape index (κ1) is 15.7. The molecule has 20 heavy (non-hydrogen) atoms. The van der Waals surface area contributed by atoms with Gasteiger partial charge < -0.3 is 15.7 Å². The number of benzene rings is 1. The quantitative estimate of drug-likeness (QED) is 0.697. The summed E-state index contributed by atoms with van der Waals surface area (Å²) in [5.41, 5.74) is 1.43. The molecule has 0 saturated heterocycles. The summed E-state index contributed by atoms with van der Waals surface area (Å²) in [4.78, 5) is 33.1. The average Bonchev–Trinajstić information content (AvgIpc) is 2.39. The number of amides is 2. The van der Waals surface area contributed by atoms with Crippen molar-refractivity contribution in [1.82, 2.24) is 5.32 Å². The fourth-order valence-electron chi connectivity index (χ4n) is 1.58. The molecule has 0 aromatic heterocycles. The molecule has 2 amide bonds. The second-order valence-corrected chi connectivity index (χ2v) is 4.34. The number of nitrogens with one attached hydrogen (secondary N) is 2. The molecule has 108 valence electrons. The highest BCUT2D eigenvalue weighted by molar-refractivity contribution is 5.90. The Bertz CT molecular complexity index is 482. The molecule has 6 nitrogen and oxygen atoms in total. The highest BCUT2D eigenvalue weighted by atomic mass is 16.4. The number of carboxylic acids is 1. The van der Waals surface area contributed by atoms with E-state index in [9.17, 15) is 14.4 Å². The lowest BCUT2D eigenvalue weighted by atomic mass is 10.1. The van der Waals surface area contributed by atoms with Gasteiger partial charge in [0.1, 0.15) is 6.54 Å². The van der Waals surface area contributed by atoms with Gasteiger partial charge >= 0.3 is 5.97 Å². The van der Waals surface area contributed by atoms with E-state index in [2.05, 4.69) is 10.6 Å². The summed E-state index contributed by atoms with van der Waals surface area (Å²) in [7, 11) is 0. The Labute approximate surface area is 117 Å². The largest absolute Gasteiger partial charge is 0.480 e. The van der Waals surface area contributed by atoms with Crippen LogP contribution in [0, 0.1) is 0 Å². The van der Waals surface area contributed by atoms with Gasteiger partial charge in [-0.15, -0.1) is 0 Å². The number of rotatable bonds is 7. The number of carbonyl (C=O) groups excluding carboxylic acids is 2. The van der Waals surface area contributed by atoms with Gasteiger partial charge in [0.2, 0.25) is 11.8 Å². The summed E-state index contributed by atoms with van der Waals surface area (Å²) in [6.45, 7) is 1.54. The maximum absolute atomic E-state index is 11.4. The molecule has 0 aliphatic carbocycles. The van der Waals surface area contributed by atoms with Crippen LogP contribution in [0.5, 0.6) is 0 Å². The minimum absolute atomic E-state index is 0.0422. The standard InChI is InChI=1S/C14H18N2O4/c1-2-3-12(17)16-11-6-4-10(5-7-11)8-13(18)15-9-14(19)20/h4-7H,2-3,8-9H2,1H3,(H,15,18)(H,16,17)(H,19,20). The van der Waals surface area contributed by atoms with E-state index in [0.29, 0.717) is 12.1 Å². The molecule has 1 rings (SSSR count). The molecule has 0 aliphatic heterocycles. The summed E-state index contributed by atoms with van der Waals surface area (Å²) in [5.74, 6) is -1.47. The zero-order chi connectivity index (χ0) is 15.0. The van der Waals surface area contributed by atoms with Crippen LogP contribution >= 0.6 is 0 Å². The van der Waals surface area contributed by atoms with Gasteiger partial charge in [-0.3, -0.25) is 14.4 Å². The lowest BCUT2D eigenvalue weighted by Crippen LogP contribution is -2.30. The molecule has 0 fully saturated rings. The normalized spacial score (nSPS) is 9.85. The summed E-state index contributed by atoms with van der Waals surface area (Å²) in [6.07, 6.45) is 1.36. The smallest absolute Gasteiger partial charge is 0.322 e. The zero-order valence-electron chi connectivity index (χ0n) is 11.3. The first-order valence-electron chi connectivity index (χ1n) is 6.38. The fraction of sp³-hybridized carbons (Fsp3) is 0.357. The van der Waals surface area contributed by atoms with Crippen molar-refractivity contribution in [3.8, 4) is 0 Å². The third kappa shape index (κ3) is 5.99. The van der Waals surface area contributed by atoms with Crippen molar-refractivity contribution in [2.45, 2.75) is 26.2 Å². The monoisotopic (exact) mass is 278 g/mol. The molecule has 3 N–H and O–H groups in total. The van der Waals surface area contributed by atoms with E-state index < -0.39 is 5.97 Å². The second-order valence-electron chi connectivity index (χ2n) is 4.34. The number of hydrogen-bond acceptors (Lipinski definition) is 3. The summed E-state index contributed by atoms with van der Waals surface area (Å²) >= 11 is 0. The molecule has 0 radical (unpaired) electrons. The number of aliphatic carboxylic acids is 1. The van der Waals surface area contributed by atoms with Gasteiger partial charge in [0.05, 0.1) is 6.42 Å². The summed E-state index contributed by atoms with van der Waals surface area (Å²) in [5, 5.41) is 13.5. The van der Waals surface area contributed by atoms with Crippen molar-refractivity contribution in [3.63, 3.8) is 0 Å². The van der Waals surface area contributed by atoms with E-state index >= 15 is 0 Å². The highest BCUT2D eigenvalue weighted by Gasteiger charge is 2.06. The predicted molar refractivity (Wildman–Crippen MR) is 74.3 cm³/mol. The van der Waals surface area contributed by atoms with Crippen LogP contribution in [-0.2, 0) is 20.8 Å². The van der Waals surface area contributed by atoms with Gasteiger partial charge in [-0.2, -0.15) is 0 Å². The molecule has 0 aliphatic rings. The first-order valence-corrected chi connectivity index (χ1v) is 6.38. The topological polar surface area (TPSA) is 95.5 Å². The third-order valence-corrected chi connectivity index (χ3v) is 2.52. The molecule has 1 aromatic rings. The number of hydrogen-bond donors (Lipinski definition) is 3. The van der Waals surface area contributed by atoms with Gasteiger partial charge in [-0.05, 0) is 24.1 Å². The SMILES string of the molecule is CCCC(=O)Nc1ccc(CC(=O)NCC(=O)O)cc1. The van der Waals surface area contributed by atoms with Crippen molar-refractivity contribution in [2.75, 3.05) is 11.9 Å². The Hall–Kier alpha value is -2.37. The van der Waals surface area contributed by atoms with E-state index in [-0.39, 0.29) is 24.8 Å². The Morgan fingerprint density at radius 2 is 1.75 bits per heavy atom.